The van der Waals surface area contributed by atoms with Gasteiger partial charge in [-0.15, -0.1) is 0 Å². The first kappa shape index (κ1) is 15.3. The summed E-state index contributed by atoms with van der Waals surface area (Å²) < 4.78 is 5.76. The molecule has 0 spiro atoms. The van der Waals surface area contributed by atoms with Crippen molar-refractivity contribution in [3.63, 3.8) is 0 Å². The molecule has 0 aliphatic carbocycles. The molecule has 1 aromatic carbocycles. The van der Waals surface area contributed by atoms with Crippen molar-refractivity contribution in [2.75, 3.05) is 39.3 Å². The molecule has 3 heteroatoms. The fourth-order valence-corrected chi connectivity index (χ4v) is 2.57. The molecule has 0 atom stereocenters. The highest BCUT2D eigenvalue weighted by molar-refractivity contribution is 5.28. The number of nitrogens with one attached hydrogen (secondary N) is 1. The van der Waals surface area contributed by atoms with Crippen LogP contribution in [0, 0.1) is 0 Å². The summed E-state index contributed by atoms with van der Waals surface area (Å²) in [4.78, 5) is 2.55. The molecule has 0 aromatic heterocycles. The minimum absolute atomic E-state index is 0.834. The lowest BCUT2D eigenvalue weighted by molar-refractivity contribution is 0.238. The molecule has 0 bridgehead atoms. The van der Waals surface area contributed by atoms with E-state index in [4.69, 9.17) is 4.74 Å². The van der Waals surface area contributed by atoms with Gasteiger partial charge in [0.05, 0.1) is 6.61 Å². The van der Waals surface area contributed by atoms with Gasteiger partial charge in [0.25, 0.3) is 0 Å². The highest BCUT2D eigenvalue weighted by Gasteiger charge is 2.08. The van der Waals surface area contributed by atoms with Crippen LogP contribution < -0.4 is 10.1 Å². The van der Waals surface area contributed by atoms with E-state index in [1.54, 1.807) is 0 Å². The third-order valence-corrected chi connectivity index (χ3v) is 3.81. The molecule has 1 saturated heterocycles. The number of benzene rings is 1. The van der Waals surface area contributed by atoms with Crippen LogP contribution in [0.4, 0.5) is 0 Å². The SMILES string of the molecule is CCCCOc1cccc(CCCN2CCNCC2)c1. The first-order valence-corrected chi connectivity index (χ1v) is 8.03. The van der Waals surface area contributed by atoms with Crippen LogP contribution in [0.1, 0.15) is 31.7 Å². The van der Waals surface area contributed by atoms with E-state index < -0.39 is 0 Å². The zero-order valence-corrected chi connectivity index (χ0v) is 12.7. The maximum absolute atomic E-state index is 5.76. The molecule has 0 unspecified atom stereocenters. The van der Waals surface area contributed by atoms with Crippen LogP contribution in [0.25, 0.3) is 0 Å². The second-order valence-corrected chi connectivity index (χ2v) is 5.54. The Morgan fingerprint density at radius 1 is 1.20 bits per heavy atom. The molecule has 112 valence electrons. The normalized spacial score (nSPS) is 16.2. The third kappa shape index (κ3) is 5.51. The predicted molar refractivity (Wildman–Crippen MR) is 84.5 cm³/mol. The molecule has 0 amide bonds. The van der Waals surface area contributed by atoms with E-state index in [1.165, 1.54) is 38.0 Å². The Labute approximate surface area is 123 Å². The van der Waals surface area contributed by atoms with E-state index in [0.29, 0.717) is 0 Å². The first-order chi connectivity index (χ1) is 9.88. The maximum atomic E-state index is 5.76. The van der Waals surface area contributed by atoms with Crippen molar-refractivity contribution in [3.8, 4) is 5.75 Å². The Morgan fingerprint density at radius 2 is 2.05 bits per heavy atom. The van der Waals surface area contributed by atoms with E-state index in [2.05, 4.69) is 41.4 Å². The average molecular weight is 276 g/mol. The molecule has 1 aromatic rings. The number of hydrogen-bond acceptors (Lipinski definition) is 3. The summed E-state index contributed by atoms with van der Waals surface area (Å²) in [6.07, 6.45) is 4.70. The van der Waals surface area contributed by atoms with Gasteiger partial charge in [-0.2, -0.15) is 0 Å². The quantitative estimate of drug-likeness (QED) is 0.739. The lowest BCUT2D eigenvalue weighted by Crippen LogP contribution is -2.43. The lowest BCUT2D eigenvalue weighted by atomic mass is 10.1. The molecule has 1 fully saturated rings. The zero-order chi connectivity index (χ0) is 14.0. The first-order valence-electron chi connectivity index (χ1n) is 8.03. The number of nitrogens with zero attached hydrogens (tertiary/aromatic N) is 1. The Bertz CT molecular complexity index is 375. The van der Waals surface area contributed by atoms with Crippen molar-refractivity contribution in [2.45, 2.75) is 32.6 Å². The van der Waals surface area contributed by atoms with Gasteiger partial charge in [0.2, 0.25) is 0 Å². The monoisotopic (exact) mass is 276 g/mol. The Balaban J connectivity index is 1.70. The van der Waals surface area contributed by atoms with E-state index in [9.17, 15) is 0 Å². The van der Waals surface area contributed by atoms with Crippen LogP contribution in [0.2, 0.25) is 0 Å². The topological polar surface area (TPSA) is 24.5 Å². The number of unbranched alkanes of at least 4 members (excludes halogenated alkanes) is 1. The number of hydrogen-bond donors (Lipinski definition) is 1. The summed E-state index contributed by atoms with van der Waals surface area (Å²) in [5, 5.41) is 3.40. The Kier molecular flexibility index (Phi) is 6.89. The summed E-state index contributed by atoms with van der Waals surface area (Å²) in [5.41, 5.74) is 1.40. The summed E-state index contributed by atoms with van der Waals surface area (Å²) in [5.74, 6) is 1.03. The zero-order valence-electron chi connectivity index (χ0n) is 12.7. The van der Waals surface area contributed by atoms with Crippen LogP contribution >= 0.6 is 0 Å². The Morgan fingerprint density at radius 3 is 2.85 bits per heavy atom. The molecule has 1 aliphatic rings. The van der Waals surface area contributed by atoms with Crippen molar-refractivity contribution in [1.29, 1.82) is 0 Å². The molecule has 2 rings (SSSR count). The average Bonchev–Trinajstić information content (AvgIpc) is 2.49. The van der Waals surface area contributed by atoms with Gasteiger partial charge in [0, 0.05) is 26.2 Å². The second-order valence-electron chi connectivity index (χ2n) is 5.54. The van der Waals surface area contributed by atoms with E-state index >= 15 is 0 Å². The van der Waals surface area contributed by atoms with Crippen molar-refractivity contribution >= 4 is 0 Å². The molecule has 1 aliphatic heterocycles. The number of rotatable bonds is 8. The predicted octanol–water partition coefficient (Wildman–Crippen LogP) is 2.70. The summed E-state index contributed by atoms with van der Waals surface area (Å²) in [6, 6.07) is 8.59. The smallest absolute Gasteiger partial charge is 0.119 e. The fourth-order valence-electron chi connectivity index (χ4n) is 2.57. The molecule has 1 N–H and O–H groups in total. The number of aryl methyl sites for hydroxylation is 1. The van der Waals surface area contributed by atoms with Crippen LogP contribution in [0.15, 0.2) is 24.3 Å². The standard InChI is InChI=1S/C17H28N2O/c1-2-3-14-20-17-8-4-6-16(15-17)7-5-11-19-12-9-18-10-13-19/h4,6,8,15,18H,2-3,5,7,9-14H2,1H3. The minimum atomic E-state index is 0.834. The van der Waals surface area contributed by atoms with Gasteiger partial charge in [-0.1, -0.05) is 25.5 Å². The van der Waals surface area contributed by atoms with Gasteiger partial charge >= 0.3 is 0 Å². The molecule has 1 heterocycles. The van der Waals surface area contributed by atoms with Crippen molar-refractivity contribution < 1.29 is 4.74 Å². The maximum Gasteiger partial charge on any atom is 0.119 e. The fraction of sp³-hybridized carbons (Fsp3) is 0.647. The molecular formula is C17H28N2O. The second kappa shape index (κ2) is 8.98. The number of ether oxygens (including phenoxy) is 1. The van der Waals surface area contributed by atoms with Gasteiger partial charge in [0.1, 0.15) is 5.75 Å². The largest absolute Gasteiger partial charge is 0.494 e. The molecule has 3 nitrogen and oxygen atoms in total. The van der Waals surface area contributed by atoms with Crippen molar-refractivity contribution in [1.82, 2.24) is 10.2 Å². The molecule has 0 saturated carbocycles. The van der Waals surface area contributed by atoms with Gasteiger partial charge in [-0.3, -0.25) is 0 Å². The van der Waals surface area contributed by atoms with Gasteiger partial charge in [-0.05, 0) is 43.5 Å². The van der Waals surface area contributed by atoms with Gasteiger partial charge in [-0.25, -0.2) is 0 Å². The van der Waals surface area contributed by atoms with E-state index in [0.717, 1.165) is 38.3 Å². The lowest BCUT2D eigenvalue weighted by Gasteiger charge is -2.27. The molecule has 20 heavy (non-hydrogen) atoms. The van der Waals surface area contributed by atoms with E-state index in [-0.39, 0.29) is 0 Å². The summed E-state index contributed by atoms with van der Waals surface area (Å²) in [6.45, 7) is 8.90. The van der Waals surface area contributed by atoms with Crippen molar-refractivity contribution in [3.05, 3.63) is 29.8 Å². The highest BCUT2D eigenvalue weighted by atomic mass is 16.5. The highest BCUT2D eigenvalue weighted by Crippen LogP contribution is 2.15. The summed E-state index contributed by atoms with van der Waals surface area (Å²) >= 11 is 0. The van der Waals surface area contributed by atoms with Crippen LogP contribution in [-0.2, 0) is 6.42 Å². The molecule has 0 radical (unpaired) electrons. The van der Waals surface area contributed by atoms with E-state index in [1.807, 2.05) is 0 Å². The van der Waals surface area contributed by atoms with Crippen LogP contribution in [0.3, 0.4) is 0 Å². The third-order valence-electron chi connectivity index (χ3n) is 3.81. The summed E-state index contributed by atoms with van der Waals surface area (Å²) in [7, 11) is 0. The van der Waals surface area contributed by atoms with Crippen LogP contribution in [-0.4, -0.2) is 44.2 Å². The van der Waals surface area contributed by atoms with Crippen molar-refractivity contribution in [2.24, 2.45) is 0 Å². The van der Waals surface area contributed by atoms with Gasteiger partial charge < -0.3 is 15.0 Å². The minimum Gasteiger partial charge on any atom is -0.494 e. The van der Waals surface area contributed by atoms with Gasteiger partial charge in [0.15, 0.2) is 0 Å². The molecular weight excluding hydrogens is 248 g/mol. The van der Waals surface area contributed by atoms with Crippen LogP contribution in [0.5, 0.6) is 5.75 Å². The number of piperazine rings is 1. The Hall–Kier alpha value is -1.06.